The molecule has 1 N–H and O–H groups in total. The number of carbonyl (C=O) groups excluding carboxylic acids is 2. The molecule has 0 saturated heterocycles. The maximum absolute atomic E-state index is 12.5. The van der Waals surface area contributed by atoms with Gasteiger partial charge in [0.2, 0.25) is 11.8 Å². The molecule has 0 atom stereocenters. The van der Waals surface area contributed by atoms with Crippen LogP contribution in [-0.2, 0) is 23.1 Å². The largest absolute Gasteiger partial charge is 0.338 e. The lowest BCUT2D eigenvalue weighted by atomic mass is 10.2. The minimum absolute atomic E-state index is 0.00722. The van der Waals surface area contributed by atoms with E-state index >= 15 is 0 Å². The van der Waals surface area contributed by atoms with Crippen molar-refractivity contribution in [2.24, 2.45) is 7.05 Å². The molecule has 7 heteroatoms. The van der Waals surface area contributed by atoms with Crippen LogP contribution in [0.4, 0.5) is 11.5 Å². The van der Waals surface area contributed by atoms with E-state index in [-0.39, 0.29) is 18.4 Å². The van der Waals surface area contributed by atoms with E-state index in [9.17, 15) is 9.59 Å². The summed E-state index contributed by atoms with van der Waals surface area (Å²) < 4.78 is 1.88. The summed E-state index contributed by atoms with van der Waals surface area (Å²) in [7, 11) is 1.89. The zero-order chi connectivity index (χ0) is 15.7. The van der Waals surface area contributed by atoms with Crippen molar-refractivity contribution >= 4 is 23.3 Å². The van der Waals surface area contributed by atoms with E-state index in [2.05, 4.69) is 15.3 Å². The number of amides is 2. The number of hydrogen-bond donors (Lipinski definition) is 1. The fourth-order valence-electron chi connectivity index (χ4n) is 2.48. The summed E-state index contributed by atoms with van der Waals surface area (Å²) in [5.74, 6) is 0.197. The minimum Gasteiger partial charge on any atom is -0.338 e. The fraction of sp³-hybridized carbons (Fsp3) is 0.333. The first-order chi connectivity index (χ1) is 10.5. The first-order valence-corrected chi connectivity index (χ1v) is 7.06. The van der Waals surface area contributed by atoms with Gasteiger partial charge in [-0.3, -0.25) is 14.5 Å². The number of carbonyl (C=O) groups is 2. The normalized spacial score (nSPS) is 13.7. The molecule has 7 nitrogen and oxygen atoms in total. The highest BCUT2D eigenvalue weighted by atomic mass is 16.2. The molecule has 2 aromatic rings. The number of aryl methyl sites for hydroxylation is 3. The second kappa shape index (κ2) is 5.59. The van der Waals surface area contributed by atoms with Gasteiger partial charge in [-0.2, -0.15) is 0 Å². The topological polar surface area (TPSA) is 80.1 Å². The zero-order valence-corrected chi connectivity index (χ0v) is 12.5. The van der Waals surface area contributed by atoms with E-state index in [1.807, 2.05) is 24.6 Å². The van der Waals surface area contributed by atoms with Gasteiger partial charge >= 0.3 is 0 Å². The van der Waals surface area contributed by atoms with Crippen LogP contribution in [0.2, 0.25) is 0 Å². The Balaban J connectivity index is 1.78. The van der Waals surface area contributed by atoms with E-state index in [1.165, 1.54) is 4.90 Å². The van der Waals surface area contributed by atoms with Crippen molar-refractivity contribution < 1.29 is 9.59 Å². The van der Waals surface area contributed by atoms with Gasteiger partial charge in [-0.1, -0.05) is 0 Å². The molecular weight excluding hydrogens is 282 g/mol. The molecule has 3 rings (SSSR count). The van der Waals surface area contributed by atoms with Crippen LogP contribution >= 0.6 is 0 Å². The van der Waals surface area contributed by atoms with Crippen LogP contribution in [0.15, 0.2) is 24.8 Å². The second-order valence-electron chi connectivity index (χ2n) is 5.41. The molecule has 114 valence electrons. The van der Waals surface area contributed by atoms with Gasteiger partial charge in [-0.25, -0.2) is 9.97 Å². The quantitative estimate of drug-likeness (QED) is 0.918. The Morgan fingerprint density at radius 2 is 2.23 bits per heavy atom. The van der Waals surface area contributed by atoms with E-state index in [1.54, 1.807) is 18.7 Å². The number of hydrogen-bond acceptors (Lipinski definition) is 4. The fourth-order valence-corrected chi connectivity index (χ4v) is 2.48. The molecule has 0 radical (unpaired) electrons. The van der Waals surface area contributed by atoms with E-state index in [0.29, 0.717) is 24.3 Å². The first kappa shape index (κ1) is 14.2. The smallest absolute Gasteiger partial charge is 0.244 e. The molecule has 2 aromatic heterocycles. The van der Waals surface area contributed by atoms with Crippen molar-refractivity contribution in [2.45, 2.75) is 19.8 Å². The molecule has 1 aliphatic rings. The average Bonchev–Trinajstić information content (AvgIpc) is 2.88. The molecule has 1 aliphatic heterocycles. The number of pyridine rings is 1. The Morgan fingerprint density at radius 1 is 1.41 bits per heavy atom. The molecule has 0 aromatic carbocycles. The lowest BCUT2D eigenvalue weighted by Gasteiger charge is -2.28. The SMILES string of the molecule is Cc1cnc2c(c1)NC(=O)CN2C(=O)CCc1cncn1C. The number of rotatable bonds is 3. The predicted octanol–water partition coefficient (Wildman–Crippen LogP) is 1.04. The summed E-state index contributed by atoms with van der Waals surface area (Å²) in [4.78, 5) is 34.0. The molecule has 0 unspecified atom stereocenters. The lowest BCUT2D eigenvalue weighted by molar-refractivity contribution is -0.121. The van der Waals surface area contributed by atoms with Gasteiger partial charge in [-0.05, 0) is 25.0 Å². The van der Waals surface area contributed by atoms with E-state index < -0.39 is 0 Å². The van der Waals surface area contributed by atoms with Crippen LogP contribution in [0.3, 0.4) is 0 Å². The van der Waals surface area contributed by atoms with Crippen LogP contribution in [0.5, 0.6) is 0 Å². The number of imidazole rings is 1. The maximum Gasteiger partial charge on any atom is 0.244 e. The Bertz CT molecular complexity index is 737. The summed E-state index contributed by atoms with van der Waals surface area (Å²) in [5, 5.41) is 2.75. The van der Waals surface area contributed by atoms with Crippen molar-refractivity contribution in [1.82, 2.24) is 14.5 Å². The molecule has 2 amide bonds. The monoisotopic (exact) mass is 299 g/mol. The molecule has 0 saturated carbocycles. The number of nitrogens with one attached hydrogen (secondary N) is 1. The Hall–Kier alpha value is -2.70. The number of anilines is 2. The number of nitrogens with zero attached hydrogens (tertiary/aromatic N) is 4. The minimum atomic E-state index is -0.200. The second-order valence-corrected chi connectivity index (χ2v) is 5.41. The van der Waals surface area contributed by atoms with Crippen LogP contribution in [0.25, 0.3) is 0 Å². The van der Waals surface area contributed by atoms with Crippen molar-refractivity contribution in [3.63, 3.8) is 0 Å². The molecule has 0 bridgehead atoms. The van der Waals surface area contributed by atoms with Crippen molar-refractivity contribution in [2.75, 3.05) is 16.8 Å². The van der Waals surface area contributed by atoms with Crippen LogP contribution in [0, 0.1) is 6.92 Å². The van der Waals surface area contributed by atoms with Gasteiger partial charge in [-0.15, -0.1) is 0 Å². The Morgan fingerprint density at radius 3 is 2.95 bits per heavy atom. The summed E-state index contributed by atoms with van der Waals surface area (Å²) >= 11 is 0. The van der Waals surface area contributed by atoms with Crippen LogP contribution in [-0.4, -0.2) is 32.9 Å². The van der Waals surface area contributed by atoms with Gasteiger partial charge in [0, 0.05) is 31.6 Å². The lowest BCUT2D eigenvalue weighted by Crippen LogP contribution is -2.42. The third-order valence-corrected chi connectivity index (χ3v) is 3.65. The third kappa shape index (κ3) is 2.69. The summed E-state index contributed by atoms with van der Waals surface area (Å²) in [6.07, 6.45) is 6.02. The highest BCUT2D eigenvalue weighted by molar-refractivity contribution is 6.08. The molecular formula is C15H17N5O2. The summed E-state index contributed by atoms with van der Waals surface area (Å²) in [6.45, 7) is 1.90. The molecule has 3 heterocycles. The predicted molar refractivity (Wildman–Crippen MR) is 81.5 cm³/mol. The van der Waals surface area contributed by atoms with Gasteiger partial charge in [0.1, 0.15) is 6.54 Å². The third-order valence-electron chi connectivity index (χ3n) is 3.65. The molecule has 0 aliphatic carbocycles. The van der Waals surface area contributed by atoms with Gasteiger partial charge < -0.3 is 9.88 Å². The summed E-state index contributed by atoms with van der Waals surface area (Å²) in [6, 6.07) is 1.82. The van der Waals surface area contributed by atoms with Gasteiger partial charge in [0.15, 0.2) is 5.82 Å². The highest BCUT2D eigenvalue weighted by Gasteiger charge is 2.28. The van der Waals surface area contributed by atoms with Gasteiger partial charge in [0.05, 0.1) is 12.0 Å². The highest BCUT2D eigenvalue weighted by Crippen LogP contribution is 2.28. The standard InChI is InChI=1S/C15H17N5O2/c1-10-5-12-15(17-6-10)20(8-13(21)18-12)14(22)4-3-11-7-16-9-19(11)2/h5-7,9H,3-4,8H2,1-2H3,(H,18,21). The van der Waals surface area contributed by atoms with Crippen LogP contribution < -0.4 is 10.2 Å². The number of fused-ring (bicyclic) bond motifs is 1. The van der Waals surface area contributed by atoms with Crippen LogP contribution in [0.1, 0.15) is 17.7 Å². The van der Waals surface area contributed by atoms with Gasteiger partial charge in [0.25, 0.3) is 0 Å². The maximum atomic E-state index is 12.5. The van der Waals surface area contributed by atoms with Crippen molar-refractivity contribution in [1.29, 1.82) is 0 Å². The summed E-state index contributed by atoms with van der Waals surface area (Å²) in [5.41, 5.74) is 2.50. The van der Waals surface area contributed by atoms with E-state index in [4.69, 9.17) is 0 Å². The first-order valence-electron chi connectivity index (χ1n) is 7.06. The molecule has 0 spiro atoms. The zero-order valence-electron chi connectivity index (χ0n) is 12.5. The Kier molecular flexibility index (Phi) is 3.62. The van der Waals surface area contributed by atoms with E-state index in [0.717, 1.165) is 11.3 Å². The van der Waals surface area contributed by atoms with Crippen molar-refractivity contribution in [3.05, 3.63) is 36.0 Å². The Labute approximate surface area is 128 Å². The average molecular weight is 299 g/mol. The molecule has 0 fully saturated rings. The molecule has 22 heavy (non-hydrogen) atoms. The van der Waals surface area contributed by atoms with Crippen molar-refractivity contribution in [3.8, 4) is 0 Å². The number of aromatic nitrogens is 3.